The van der Waals surface area contributed by atoms with Crippen molar-refractivity contribution in [3.05, 3.63) is 35.9 Å². The molecule has 0 amide bonds. The maximum absolute atomic E-state index is 10.4. The number of hydrogen-bond donors (Lipinski definition) is 0. The first-order valence-corrected chi connectivity index (χ1v) is 5.74. The lowest BCUT2D eigenvalue weighted by molar-refractivity contribution is -0.108. The van der Waals surface area contributed by atoms with E-state index in [1.54, 1.807) is 0 Å². The number of carbonyl (C=O) groups is 1. The van der Waals surface area contributed by atoms with Gasteiger partial charge in [0.05, 0.1) is 0 Å². The number of aldehydes is 1. The van der Waals surface area contributed by atoms with Crippen LogP contribution in [0.2, 0.25) is 0 Å². The minimum atomic E-state index is 0.0532. The molecular weight excluding hydrogens is 192 g/mol. The zero-order valence-corrected chi connectivity index (χ0v) is 9.51. The van der Waals surface area contributed by atoms with Crippen LogP contribution in [0.3, 0.4) is 0 Å². The van der Waals surface area contributed by atoms with Gasteiger partial charge in [-0.15, -0.1) is 0 Å². The van der Waals surface area contributed by atoms with Gasteiger partial charge in [0, 0.05) is 16.9 Å². The van der Waals surface area contributed by atoms with Gasteiger partial charge in [-0.2, -0.15) is 11.8 Å². The van der Waals surface area contributed by atoms with Crippen LogP contribution in [0.15, 0.2) is 30.3 Å². The van der Waals surface area contributed by atoms with Gasteiger partial charge in [-0.3, -0.25) is 0 Å². The summed E-state index contributed by atoms with van der Waals surface area (Å²) in [5, 5.41) is 0. The second kappa shape index (κ2) is 5.20. The first-order chi connectivity index (χ1) is 6.64. The van der Waals surface area contributed by atoms with E-state index in [0.717, 1.165) is 12.0 Å². The standard InChI is InChI=1S/C12H16OS/c1-12(2,8-9-13)14-10-11-6-4-3-5-7-11/h3-7,9H,8,10H2,1-2H3. The third-order valence-electron chi connectivity index (χ3n) is 2.05. The van der Waals surface area contributed by atoms with Crippen LogP contribution in [0.4, 0.5) is 0 Å². The van der Waals surface area contributed by atoms with E-state index in [-0.39, 0.29) is 4.75 Å². The number of carbonyl (C=O) groups excluding carboxylic acids is 1. The predicted octanol–water partition coefficient (Wildman–Crippen LogP) is 3.29. The lowest BCUT2D eigenvalue weighted by Crippen LogP contribution is -2.15. The molecule has 0 aliphatic carbocycles. The Hall–Kier alpha value is -0.760. The van der Waals surface area contributed by atoms with Gasteiger partial charge in [0.2, 0.25) is 0 Å². The van der Waals surface area contributed by atoms with E-state index in [9.17, 15) is 4.79 Å². The van der Waals surface area contributed by atoms with Crippen molar-refractivity contribution >= 4 is 18.0 Å². The van der Waals surface area contributed by atoms with Crippen molar-refractivity contribution in [1.29, 1.82) is 0 Å². The molecule has 1 nitrogen and oxygen atoms in total. The van der Waals surface area contributed by atoms with E-state index in [1.807, 2.05) is 30.0 Å². The molecule has 14 heavy (non-hydrogen) atoms. The van der Waals surface area contributed by atoms with Crippen LogP contribution in [0.25, 0.3) is 0 Å². The largest absolute Gasteiger partial charge is 0.303 e. The summed E-state index contributed by atoms with van der Waals surface area (Å²) in [6.45, 7) is 4.21. The van der Waals surface area contributed by atoms with Gasteiger partial charge in [-0.1, -0.05) is 44.2 Å². The lowest BCUT2D eigenvalue weighted by atomic mass is 10.1. The monoisotopic (exact) mass is 208 g/mol. The molecule has 0 saturated carbocycles. The predicted molar refractivity (Wildman–Crippen MR) is 62.5 cm³/mol. The fourth-order valence-corrected chi connectivity index (χ4v) is 2.05. The summed E-state index contributed by atoms with van der Waals surface area (Å²) in [5.74, 6) is 0.974. The third kappa shape index (κ3) is 3.97. The maximum Gasteiger partial charge on any atom is 0.121 e. The Morgan fingerprint density at radius 1 is 1.29 bits per heavy atom. The average molecular weight is 208 g/mol. The first-order valence-electron chi connectivity index (χ1n) is 4.75. The Labute approximate surface area is 89.9 Å². The second-order valence-corrected chi connectivity index (χ2v) is 5.59. The molecule has 0 fully saturated rings. The van der Waals surface area contributed by atoms with Crippen LogP contribution in [0.5, 0.6) is 0 Å². The minimum Gasteiger partial charge on any atom is -0.303 e. The molecular formula is C12H16OS. The molecule has 2 heteroatoms. The summed E-state index contributed by atoms with van der Waals surface area (Å²) in [5.41, 5.74) is 1.32. The van der Waals surface area contributed by atoms with E-state index in [0.29, 0.717) is 6.42 Å². The Bertz CT molecular complexity index is 280. The number of rotatable bonds is 5. The molecule has 0 aromatic heterocycles. The van der Waals surface area contributed by atoms with Gasteiger partial charge >= 0.3 is 0 Å². The molecule has 0 aliphatic rings. The van der Waals surface area contributed by atoms with Crippen LogP contribution < -0.4 is 0 Å². The van der Waals surface area contributed by atoms with Gasteiger partial charge < -0.3 is 4.79 Å². The minimum absolute atomic E-state index is 0.0532. The normalized spacial score (nSPS) is 11.3. The van der Waals surface area contributed by atoms with Crippen LogP contribution in [-0.2, 0) is 10.5 Å². The molecule has 0 radical (unpaired) electrons. The van der Waals surface area contributed by atoms with Gasteiger partial charge in [0.15, 0.2) is 0 Å². The van der Waals surface area contributed by atoms with Crippen LogP contribution in [-0.4, -0.2) is 11.0 Å². The van der Waals surface area contributed by atoms with Gasteiger partial charge in [0.25, 0.3) is 0 Å². The van der Waals surface area contributed by atoms with E-state index < -0.39 is 0 Å². The van der Waals surface area contributed by atoms with Crippen molar-refractivity contribution in [1.82, 2.24) is 0 Å². The highest BCUT2D eigenvalue weighted by molar-refractivity contribution is 7.99. The van der Waals surface area contributed by atoms with E-state index in [4.69, 9.17) is 0 Å². The van der Waals surface area contributed by atoms with E-state index in [2.05, 4.69) is 26.0 Å². The van der Waals surface area contributed by atoms with Gasteiger partial charge in [-0.05, 0) is 5.56 Å². The maximum atomic E-state index is 10.4. The Morgan fingerprint density at radius 2 is 1.93 bits per heavy atom. The van der Waals surface area contributed by atoms with Crippen LogP contribution in [0.1, 0.15) is 25.8 Å². The summed E-state index contributed by atoms with van der Waals surface area (Å²) in [7, 11) is 0. The number of thioether (sulfide) groups is 1. The highest BCUT2D eigenvalue weighted by atomic mass is 32.2. The molecule has 76 valence electrons. The number of benzene rings is 1. The van der Waals surface area contributed by atoms with Crippen molar-refractivity contribution in [2.45, 2.75) is 30.8 Å². The molecule has 0 N–H and O–H groups in total. The van der Waals surface area contributed by atoms with E-state index >= 15 is 0 Å². The fraction of sp³-hybridized carbons (Fsp3) is 0.417. The molecule has 0 atom stereocenters. The summed E-state index contributed by atoms with van der Waals surface area (Å²) in [4.78, 5) is 10.4. The molecule has 0 heterocycles. The van der Waals surface area contributed by atoms with Crippen molar-refractivity contribution in [2.24, 2.45) is 0 Å². The smallest absolute Gasteiger partial charge is 0.121 e. The number of hydrogen-bond acceptors (Lipinski definition) is 2. The van der Waals surface area contributed by atoms with Gasteiger partial charge in [-0.25, -0.2) is 0 Å². The quantitative estimate of drug-likeness (QED) is 0.691. The molecule has 0 saturated heterocycles. The molecule has 1 rings (SSSR count). The zero-order chi connectivity index (χ0) is 10.4. The average Bonchev–Trinajstić information content (AvgIpc) is 2.17. The molecule has 1 aromatic carbocycles. The summed E-state index contributed by atoms with van der Waals surface area (Å²) < 4.78 is 0.0532. The van der Waals surface area contributed by atoms with E-state index in [1.165, 1.54) is 5.56 Å². The summed E-state index contributed by atoms with van der Waals surface area (Å²) >= 11 is 1.83. The molecule has 0 bridgehead atoms. The third-order valence-corrected chi connectivity index (χ3v) is 3.47. The summed E-state index contributed by atoms with van der Waals surface area (Å²) in [6.07, 6.45) is 1.61. The lowest BCUT2D eigenvalue weighted by Gasteiger charge is -2.20. The SMILES string of the molecule is CC(C)(CC=O)SCc1ccccc1. The Morgan fingerprint density at radius 3 is 2.50 bits per heavy atom. The molecule has 1 aromatic rings. The van der Waals surface area contributed by atoms with Crippen molar-refractivity contribution in [3.8, 4) is 0 Å². The van der Waals surface area contributed by atoms with Crippen molar-refractivity contribution in [3.63, 3.8) is 0 Å². The molecule has 0 unspecified atom stereocenters. The van der Waals surface area contributed by atoms with Crippen molar-refractivity contribution < 1.29 is 4.79 Å². The second-order valence-electron chi connectivity index (χ2n) is 3.90. The Kier molecular flexibility index (Phi) is 4.21. The topological polar surface area (TPSA) is 17.1 Å². The molecule has 0 spiro atoms. The fourth-order valence-electron chi connectivity index (χ4n) is 1.11. The summed E-state index contributed by atoms with van der Waals surface area (Å²) in [6, 6.07) is 10.3. The van der Waals surface area contributed by atoms with Crippen LogP contribution in [0, 0.1) is 0 Å². The highest BCUT2D eigenvalue weighted by Crippen LogP contribution is 2.30. The van der Waals surface area contributed by atoms with Crippen LogP contribution >= 0.6 is 11.8 Å². The molecule has 0 aliphatic heterocycles. The van der Waals surface area contributed by atoms with Gasteiger partial charge in [0.1, 0.15) is 6.29 Å². The highest BCUT2D eigenvalue weighted by Gasteiger charge is 2.17. The zero-order valence-electron chi connectivity index (χ0n) is 8.69. The van der Waals surface area contributed by atoms with Crippen molar-refractivity contribution in [2.75, 3.05) is 0 Å². The first kappa shape index (κ1) is 11.3. The Balaban J connectivity index is 2.44.